The van der Waals surface area contributed by atoms with Crippen molar-refractivity contribution >= 4 is 0 Å². The molecule has 0 aliphatic rings. The van der Waals surface area contributed by atoms with E-state index >= 15 is 0 Å². The first-order valence-corrected chi connectivity index (χ1v) is 6.04. The molecule has 0 amide bonds. The van der Waals surface area contributed by atoms with Gasteiger partial charge >= 0.3 is 0 Å². The summed E-state index contributed by atoms with van der Waals surface area (Å²) in [6.07, 6.45) is 0. The summed E-state index contributed by atoms with van der Waals surface area (Å²) in [6.45, 7) is 0. The lowest BCUT2D eigenvalue weighted by molar-refractivity contribution is 0.405. The first kappa shape index (κ1) is 12.2. The van der Waals surface area contributed by atoms with Gasteiger partial charge in [-0.1, -0.05) is 17.3 Å². The molecule has 0 bridgehead atoms. The molecule has 3 rings (SSSR count). The Balaban J connectivity index is 2.00. The van der Waals surface area contributed by atoms with Gasteiger partial charge in [-0.2, -0.15) is 4.98 Å². The molecule has 0 saturated heterocycles. The van der Waals surface area contributed by atoms with Crippen LogP contribution >= 0.6 is 0 Å². The second kappa shape index (κ2) is 5.05. The molecule has 0 spiro atoms. The van der Waals surface area contributed by atoms with E-state index < -0.39 is 0 Å². The third kappa shape index (κ3) is 2.21. The number of benzene rings is 2. The molecule has 0 unspecified atom stereocenters. The summed E-state index contributed by atoms with van der Waals surface area (Å²) in [5.74, 6) is 1.73. The summed E-state index contributed by atoms with van der Waals surface area (Å²) in [4.78, 5) is 4.35. The predicted molar refractivity (Wildman–Crippen MR) is 73.4 cm³/mol. The predicted octanol–water partition coefficient (Wildman–Crippen LogP) is 3.12. The smallest absolute Gasteiger partial charge is 0.262 e. The molecule has 5 nitrogen and oxygen atoms in total. The van der Waals surface area contributed by atoms with Gasteiger partial charge in [0.25, 0.3) is 5.89 Å². The van der Waals surface area contributed by atoms with Crippen LogP contribution in [0.5, 0.6) is 11.5 Å². The average molecular weight is 268 g/mol. The van der Waals surface area contributed by atoms with E-state index in [9.17, 15) is 5.11 Å². The molecule has 0 saturated carbocycles. The number of aromatic nitrogens is 2. The van der Waals surface area contributed by atoms with E-state index in [0.717, 1.165) is 11.1 Å². The molecule has 3 aromatic rings. The van der Waals surface area contributed by atoms with Crippen molar-refractivity contribution in [3.63, 3.8) is 0 Å². The highest BCUT2D eigenvalue weighted by molar-refractivity contribution is 5.65. The number of aromatic hydroxyl groups is 1. The summed E-state index contributed by atoms with van der Waals surface area (Å²) in [5.41, 5.74) is 1.51. The van der Waals surface area contributed by atoms with Crippen molar-refractivity contribution < 1.29 is 14.4 Å². The molecule has 5 heteroatoms. The summed E-state index contributed by atoms with van der Waals surface area (Å²) < 4.78 is 10.5. The van der Waals surface area contributed by atoms with Crippen LogP contribution in [0.3, 0.4) is 0 Å². The minimum Gasteiger partial charge on any atom is -0.508 e. The highest BCUT2D eigenvalue weighted by Gasteiger charge is 2.14. The topological polar surface area (TPSA) is 68.4 Å². The largest absolute Gasteiger partial charge is 0.508 e. The number of hydrogen-bond donors (Lipinski definition) is 1. The van der Waals surface area contributed by atoms with E-state index in [0.29, 0.717) is 17.5 Å². The molecule has 0 fully saturated rings. The van der Waals surface area contributed by atoms with Gasteiger partial charge in [-0.3, -0.25) is 0 Å². The third-order valence-corrected chi connectivity index (χ3v) is 2.89. The Morgan fingerprint density at radius 2 is 1.80 bits per heavy atom. The molecule has 1 heterocycles. The van der Waals surface area contributed by atoms with Gasteiger partial charge in [0.2, 0.25) is 5.82 Å². The van der Waals surface area contributed by atoms with Crippen molar-refractivity contribution in [3.05, 3.63) is 48.5 Å². The Bertz CT molecular complexity index is 720. The van der Waals surface area contributed by atoms with Crippen LogP contribution in [-0.2, 0) is 0 Å². The number of rotatable bonds is 3. The number of ether oxygens (including phenoxy) is 1. The lowest BCUT2D eigenvalue weighted by Crippen LogP contribution is -1.87. The normalized spacial score (nSPS) is 10.4. The fourth-order valence-electron chi connectivity index (χ4n) is 1.88. The fourth-order valence-corrected chi connectivity index (χ4v) is 1.88. The van der Waals surface area contributed by atoms with Gasteiger partial charge in [-0.25, -0.2) is 0 Å². The van der Waals surface area contributed by atoms with Gasteiger partial charge < -0.3 is 14.4 Å². The Morgan fingerprint density at radius 3 is 2.55 bits per heavy atom. The number of phenols is 1. The summed E-state index contributed by atoms with van der Waals surface area (Å²) in [5, 5.41) is 13.2. The second-order valence-electron chi connectivity index (χ2n) is 4.17. The molecule has 0 aliphatic heterocycles. The standard InChI is InChI=1S/C15H12N2O3/c1-19-13-5-3-2-4-12(13)15-16-14(17-20-15)10-6-8-11(18)9-7-10/h2-9,18H,1H3. The molecule has 0 aliphatic carbocycles. The highest BCUT2D eigenvalue weighted by Crippen LogP contribution is 2.29. The zero-order valence-electron chi connectivity index (χ0n) is 10.8. The average Bonchev–Trinajstić information content (AvgIpc) is 2.97. The molecular weight excluding hydrogens is 256 g/mol. The maximum atomic E-state index is 9.27. The van der Waals surface area contributed by atoms with E-state index in [1.807, 2.05) is 24.3 Å². The minimum absolute atomic E-state index is 0.196. The van der Waals surface area contributed by atoms with Crippen LogP contribution in [0.25, 0.3) is 22.8 Å². The molecule has 1 N–H and O–H groups in total. The number of hydrogen-bond acceptors (Lipinski definition) is 5. The maximum absolute atomic E-state index is 9.27. The Morgan fingerprint density at radius 1 is 1.05 bits per heavy atom. The van der Waals surface area contributed by atoms with E-state index in [1.54, 1.807) is 31.4 Å². The van der Waals surface area contributed by atoms with E-state index in [-0.39, 0.29) is 5.75 Å². The molecular formula is C15H12N2O3. The van der Waals surface area contributed by atoms with Gasteiger partial charge in [-0.05, 0) is 36.4 Å². The Kier molecular flexibility index (Phi) is 3.09. The van der Waals surface area contributed by atoms with E-state index in [1.165, 1.54) is 0 Å². The first-order chi connectivity index (χ1) is 9.78. The van der Waals surface area contributed by atoms with Gasteiger partial charge in [0, 0.05) is 5.56 Å². The van der Waals surface area contributed by atoms with Crippen LogP contribution in [0, 0.1) is 0 Å². The highest BCUT2D eigenvalue weighted by atomic mass is 16.5. The Hall–Kier alpha value is -2.82. The fraction of sp³-hybridized carbons (Fsp3) is 0.0667. The van der Waals surface area contributed by atoms with Gasteiger partial charge in [-0.15, -0.1) is 0 Å². The SMILES string of the molecule is COc1ccccc1-c1nc(-c2ccc(O)cc2)no1. The van der Waals surface area contributed by atoms with Crippen LogP contribution in [0.1, 0.15) is 0 Å². The summed E-state index contributed by atoms with van der Waals surface area (Å²) >= 11 is 0. The van der Waals surface area contributed by atoms with Crippen LogP contribution in [0.2, 0.25) is 0 Å². The maximum Gasteiger partial charge on any atom is 0.262 e. The minimum atomic E-state index is 0.196. The summed E-state index contributed by atoms with van der Waals surface area (Å²) in [6, 6.07) is 14.1. The lowest BCUT2D eigenvalue weighted by atomic mass is 10.2. The quantitative estimate of drug-likeness (QED) is 0.790. The second-order valence-corrected chi connectivity index (χ2v) is 4.17. The molecule has 0 atom stereocenters. The van der Waals surface area contributed by atoms with Crippen LogP contribution in [-0.4, -0.2) is 22.4 Å². The van der Waals surface area contributed by atoms with Crippen molar-refractivity contribution in [2.75, 3.05) is 7.11 Å². The zero-order chi connectivity index (χ0) is 13.9. The van der Waals surface area contributed by atoms with Crippen LogP contribution in [0.4, 0.5) is 0 Å². The first-order valence-electron chi connectivity index (χ1n) is 6.04. The third-order valence-electron chi connectivity index (χ3n) is 2.89. The molecule has 20 heavy (non-hydrogen) atoms. The number of nitrogens with zero attached hydrogens (tertiary/aromatic N) is 2. The number of methoxy groups -OCH3 is 1. The van der Waals surface area contributed by atoms with Crippen molar-refractivity contribution in [1.82, 2.24) is 10.1 Å². The van der Waals surface area contributed by atoms with Crippen molar-refractivity contribution in [3.8, 4) is 34.3 Å². The molecule has 100 valence electrons. The van der Waals surface area contributed by atoms with Crippen LogP contribution in [0.15, 0.2) is 53.1 Å². The van der Waals surface area contributed by atoms with Crippen LogP contribution < -0.4 is 4.74 Å². The molecule has 1 aromatic heterocycles. The van der Waals surface area contributed by atoms with E-state index in [2.05, 4.69) is 10.1 Å². The zero-order valence-corrected chi connectivity index (χ0v) is 10.8. The molecule has 0 radical (unpaired) electrons. The van der Waals surface area contributed by atoms with Crippen molar-refractivity contribution in [2.24, 2.45) is 0 Å². The molecule has 2 aromatic carbocycles. The van der Waals surface area contributed by atoms with Gasteiger partial charge in [0.05, 0.1) is 12.7 Å². The van der Waals surface area contributed by atoms with Crippen molar-refractivity contribution in [2.45, 2.75) is 0 Å². The van der Waals surface area contributed by atoms with Crippen molar-refractivity contribution in [1.29, 1.82) is 0 Å². The monoisotopic (exact) mass is 268 g/mol. The van der Waals surface area contributed by atoms with Gasteiger partial charge in [0.1, 0.15) is 11.5 Å². The number of para-hydroxylation sites is 1. The summed E-state index contributed by atoms with van der Waals surface area (Å²) in [7, 11) is 1.59. The Labute approximate surface area is 115 Å². The lowest BCUT2D eigenvalue weighted by Gasteiger charge is -2.02. The van der Waals surface area contributed by atoms with Gasteiger partial charge in [0.15, 0.2) is 0 Å². The number of phenolic OH excluding ortho intramolecular Hbond substituents is 1. The van der Waals surface area contributed by atoms with E-state index in [4.69, 9.17) is 9.26 Å².